The molecule has 1 aliphatic carbocycles. The largest absolute Gasteiger partial charge is 0.481 e. The number of unbranched alkanes of at least 4 members (excludes halogenated alkanes) is 1. The highest BCUT2D eigenvalue weighted by Crippen LogP contribution is 2.30. The third-order valence-corrected chi connectivity index (χ3v) is 4.07. The number of carboxylic acid groups (broad SMARTS) is 1. The highest BCUT2D eigenvalue weighted by Gasteiger charge is 2.27. The zero-order valence-corrected chi connectivity index (χ0v) is 11.1. The fraction of sp³-hybridized carbons (Fsp3) is 0.929. The number of hydrogen-bond donors (Lipinski definition) is 2. The Morgan fingerprint density at radius 2 is 1.88 bits per heavy atom. The van der Waals surface area contributed by atoms with Crippen LogP contribution < -0.4 is 0 Å². The number of aliphatic hydroxyl groups excluding tert-OH is 1. The zero-order chi connectivity index (χ0) is 12.9. The van der Waals surface area contributed by atoms with E-state index in [1.165, 1.54) is 6.42 Å². The average Bonchev–Trinajstić information content (AvgIpc) is 2.26. The Hall–Kier alpha value is -0.570. The van der Waals surface area contributed by atoms with Crippen molar-refractivity contribution in [1.82, 2.24) is 0 Å². The van der Waals surface area contributed by atoms with Gasteiger partial charge in [-0.2, -0.15) is 0 Å². The molecular weight excluding hydrogens is 216 g/mol. The topological polar surface area (TPSA) is 57.5 Å². The van der Waals surface area contributed by atoms with Crippen LogP contribution in [-0.4, -0.2) is 22.3 Å². The lowest BCUT2D eigenvalue weighted by molar-refractivity contribution is -0.147. The van der Waals surface area contributed by atoms with Gasteiger partial charge in [0.1, 0.15) is 0 Å². The molecule has 0 aromatic heterocycles. The lowest BCUT2D eigenvalue weighted by Crippen LogP contribution is -2.25. The summed E-state index contributed by atoms with van der Waals surface area (Å²) in [4.78, 5) is 10.9. The molecule has 0 amide bonds. The molecular formula is C14H26O3. The maximum atomic E-state index is 10.9. The zero-order valence-electron chi connectivity index (χ0n) is 11.1. The molecule has 1 fully saturated rings. The maximum Gasteiger partial charge on any atom is 0.309 e. The number of aliphatic carboxylic acids is 1. The van der Waals surface area contributed by atoms with Crippen LogP contribution >= 0.6 is 0 Å². The molecule has 3 heteroatoms. The minimum atomic E-state index is -0.713. The number of hydrogen-bond acceptors (Lipinski definition) is 2. The molecule has 2 atom stereocenters. The van der Waals surface area contributed by atoms with Crippen LogP contribution in [0.3, 0.4) is 0 Å². The van der Waals surface area contributed by atoms with Gasteiger partial charge in [-0.05, 0) is 45.4 Å². The second-order valence-corrected chi connectivity index (χ2v) is 6.05. The van der Waals surface area contributed by atoms with E-state index in [-0.39, 0.29) is 6.10 Å². The minimum Gasteiger partial charge on any atom is -0.481 e. The van der Waals surface area contributed by atoms with Crippen molar-refractivity contribution in [2.75, 3.05) is 0 Å². The molecule has 1 aliphatic rings. The molecule has 0 aliphatic heterocycles. The van der Waals surface area contributed by atoms with E-state index in [1.807, 2.05) is 0 Å². The number of carbonyl (C=O) groups is 1. The summed E-state index contributed by atoms with van der Waals surface area (Å²) in [5.41, 5.74) is -0.606. The highest BCUT2D eigenvalue weighted by molar-refractivity contribution is 5.73. The fourth-order valence-electron chi connectivity index (χ4n) is 2.61. The average molecular weight is 242 g/mol. The van der Waals surface area contributed by atoms with Crippen molar-refractivity contribution in [2.45, 2.75) is 71.3 Å². The van der Waals surface area contributed by atoms with Crippen LogP contribution in [0.2, 0.25) is 0 Å². The summed E-state index contributed by atoms with van der Waals surface area (Å²) in [6, 6.07) is 0. The van der Waals surface area contributed by atoms with E-state index in [9.17, 15) is 9.90 Å². The SMILES string of the molecule is CC(C)(CCCCC1CCCCC1O)C(=O)O. The van der Waals surface area contributed by atoms with Gasteiger partial charge in [0.15, 0.2) is 0 Å². The first kappa shape index (κ1) is 14.5. The van der Waals surface area contributed by atoms with Gasteiger partial charge in [-0.15, -0.1) is 0 Å². The normalized spacial score (nSPS) is 25.8. The van der Waals surface area contributed by atoms with Crippen LogP contribution in [0.1, 0.15) is 65.2 Å². The molecule has 0 spiro atoms. The predicted octanol–water partition coefficient (Wildman–Crippen LogP) is 3.21. The van der Waals surface area contributed by atoms with Crippen LogP contribution in [-0.2, 0) is 4.79 Å². The van der Waals surface area contributed by atoms with Crippen LogP contribution in [0.5, 0.6) is 0 Å². The number of carboxylic acids is 1. The quantitative estimate of drug-likeness (QED) is 0.703. The van der Waals surface area contributed by atoms with Crippen molar-refractivity contribution in [3.63, 3.8) is 0 Å². The van der Waals surface area contributed by atoms with Gasteiger partial charge in [-0.25, -0.2) is 0 Å². The van der Waals surface area contributed by atoms with E-state index >= 15 is 0 Å². The number of rotatable bonds is 6. The predicted molar refractivity (Wildman–Crippen MR) is 67.8 cm³/mol. The van der Waals surface area contributed by atoms with E-state index in [4.69, 9.17) is 5.11 Å². The summed E-state index contributed by atoms with van der Waals surface area (Å²) in [5.74, 6) is -0.258. The van der Waals surface area contributed by atoms with E-state index in [0.29, 0.717) is 5.92 Å². The van der Waals surface area contributed by atoms with Crippen molar-refractivity contribution < 1.29 is 15.0 Å². The van der Waals surface area contributed by atoms with Crippen molar-refractivity contribution in [2.24, 2.45) is 11.3 Å². The second-order valence-electron chi connectivity index (χ2n) is 6.05. The maximum absolute atomic E-state index is 10.9. The summed E-state index contributed by atoms with van der Waals surface area (Å²) in [7, 11) is 0. The molecule has 2 unspecified atom stereocenters. The Kier molecular flexibility index (Phi) is 5.44. The Bertz CT molecular complexity index is 248. The molecule has 3 nitrogen and oxygen atoms in total. The third-order valence-electron chi connectivity index (χ3n) is 4.07. The molecule has 2 N–H and O–H groups in total. The van der Waals surface area contributed by atoms with Gasteiger partial charge in [-0.1, -0.05) is 25.7 Å². The molecule has 0 aromatic carbocycles. The molecule has 0 bridgehead atoms. The molecule has 1 rings (SSSR count). The molecule has 1 saturated carbocycles. The van der Waals surface area contributed by atoms with Gasteiger partial charge >= 0.3 is 5.97 Å². The van der Waals surface area contributed by atoms with E-state index in [1.54, 1.807) is 13.8 Å². The Labute approximate surface area is 104 Å². The van der Waals surface area contributed by atoms with Crippen LogP contribution in [0.15, 0.2) is 0 Å². The van der Waals surface area contributed by atoms with Gasteiger partial charge in [0.25, 0.3) is 0 Å². The monoisotopic (exact) mass is 242 g/mol. The van der Waals surface area contributed by atoms with Gasteiger partial charge in [0, 0.05) is 0 Å². The Balaban J connectivity index is 2.17. The van der Waals surface area contributed by atoms with E-state index in [0.717, 1.165) is 44.9 Å². The van der Waals surface area contributed by atoms with Crippen LogP contribution in [0.4, 0.5) is 0 Å². The Morgan fingerprint density at radius 3 is 2.47 bits per heavy atom. The first-order chi connectivity index (χ1) is 7.93. The standard InChI is InChI=1S/C14H26O3/c1-14(2,13(16)17)10-6-5-8-11-7-3-4-9-12(11)15/h11-12,15H,3-10H2,1-2H3,(H,16,17). The minimum absolute atomic E-state index is 0.115. The summed E-state index contributed by atoms with van der Waals surface area (Å²) < 4.78 is 0. The van der Waals surface area contributed by atoms with Crippen LogP contribution in [0, 0.1) is 11.3 Å². The van der Waals surface area contributed by atoms with Gasteiger partial charge in [0.05, 0.1) is 11.5 Å². The molecule has 100 valence electrons. The van der Waals surface area contributed by atoms with E-state index in [2.05, 4.69) is 0 Å². The smallest absolute Gasteiger partial charge is 0.309 e. The molecule has 0 heterocycles. The lowest BCUT2D eigenvalue weighted by atomic mass is 9.81. The lowest BCUT2D eigenvalue weighted by Gasteiger charge is -2.27. The van der Waals surface area contributed by atoms with Crippen molar-refractivity contribution in [3.05, 3.63) is 0 Å². The molecule has 0 saturated heterocycles. The van der Waals surface area contributed by atoms with E-state index < -0.39 is 11.4 Å². The first-order valence-electron chi connectivity index (χ1n) is 6.85. The van der Waals surface area contributed by atoms with Crippen molar-refractivity contribution >= 4 is 5.97 Å². The number of aliphatic hydroxyl groups is 1. The summed E-state index contributed by atoms with van der Waals surface area (Å²) in [6.07, 6.45) is 8.14. The third kappa shape index (κ3) is 4.66. The summed E-state index contributed by atoms with van der Waals surface area (Å²) in [5, 5.41) is 18.8. The molecule has 0 aromatic rings. The summed E-state index contributed by atoms with van der Waals surface area (Å²) >= 11 is 0. The highest BCUT2D eigenvalue weighted by atomic mass is 16.4. The molecule has 0 radical (unpaired) electrons. The first-order valence-corrected chi connectivity index (χ1v) is 6.85. The van der Waals surface area contributed by atoms with Gasteiger partial charge in [-0.3, -0.25) is 4.79 Å². The van der Waals surface area contributed by atoms with Gasteiger partial charge < -0.3 is 10.2 Å². The van der Waals surface area contributed by atoms with Crippen molar-refractivity contribution in [1.29, 1.82) is 0 Å². The van der Waals surface area contributed by atoms with Crippen LogP contribution in [0.25, 0.3) is 0 Å². The van der Waals surface area contributed by atoms with Crippen molar-refractivity contribution in [3.8, 4) is 0 Å². The Morgan fingerprint density at radius 1 is 1.24 bits per heavy atom. The molecule has 17 heavy (non-hydrogen) atoms. The second kappa shape index (κ2) is 6.39. The van der Waals surface area contributed by atoms with Gasteiger partial charge in [0.2, 0.25) is 0 Å². The fourth-order valence-corrected chi connectivity index (χ4v) is 2.61. The summed E-state index contributed by atoms with van der Waals surface area (Å²) in [6.45, 7) is 3.57.